The first kappa shape index (κ1) is 17.3. The Bertz CT molecular complexity index is 791. The normalized spacial score (nSPS) is 10.5. The van der Waals surface area contributed by atoms with Crippen molar-refractivity contribution in [3.8, 4) is 11.8 Å². The first-order chi connectivity index (χ1) is 11.4. The number of para-hydroxylation sites is 1. The number of anilines is 1. The Morgan fingerprint density at radius 2 is 1.71 bits per heavy atom. The molecular formula is C17H12F4N2O. The van der Waals surface area contributed by atoms with Gasteiger partial charge in [0.15, 0.2) is 0 Å². The summed E-state index contributed by atoms with van der Waals surface area (Å²) in [7, 11) is 0. The number of nitrogens with one attached hydrogen (secondary N) is 2. The van der Waals surface area contributed by atoms with E-state index in [-0.39, 0.29) is 17.8 Å². The number of rotatable bonds is 2. The summed E-state index contributed by atoms with van der Waals surface area (Å²) in [5.41, 5.74) is -1.03. The number of alkyl halides is 3. The molecule has 2 rings (SSSR count). The maximum atomic E-state index is 13.3. The summed E-state index contributed by atoms with van der Waals surface area (Å²) in [5, 5.41) is 4.59. The molecule has 0 fully saturated rings. The molecule has 2 N–H and O–H groups in total. The van der Waals surface area contributed by atoms with Crippen LogP contribution in [0.15, 0.2) is 48.5 Å². The van der Waals surface area contributed by atoms with Gasteiger partial charge in [0.05, 0.1) is 17.8 Å². The molecule has 24 heavy (non-hydrogen) atoms. The second-order valence-electron chi connectivity index (χ2n) is 4.63. The van der Waals surface area contributed by atoms with Crippen molar-refractivity contribution < 1.29 is 22.4 Å². The van der Waals surface area contributed by atoms with E-state index in [0.29, 0.717) is 0 Å². The van der Waals surface area contributed by atoms with Gasteiger partial charge in [-0.15, -0.1) is 0 Å². The predicted molar refractivity (Wildman–Crippen MR) is 81.7 cm³/mol. The standard InChI is InChI=1S/C17H12F4N2O/c18-14-9-3-4-10-15(14)23-16(24)22-11-5-7-12-6-1-2-8-13(12)17(19,20)21/h1-4,6,8-10H,11H2,(H2,22,23,24). The lowest BCUT2D eigenvalue weighted by Crippen LogP contribution is -2.29. The third kappa shape index (κ3) is 4.74. The lowest BCUT2D eigenvalue weighted by atomic mass is 10.1. The van der Waals surface area contributed by atoms with Gasteiger partial charge in [-0.05, 0) is 24.3 Å². The molecule has 0 aliphatic heterocycles. The van der Waals surface area contributed by atoms with Crippen molar-refractivity contribution in [2.45, 2.75) is 6.18 Å². The minimum Gasteiger partial charge on any atom is -0.327 e. The van der Waals surface area contributed by atoms with Gasteiger partial charge < -0.3 is 10.6 Å². The number of hydrogen-bond donors (Lipinski definition) is 2. The van der Waals surface area contributed by atoms with Crippen molar-refractivity contribution in [1.29, 1.82) is 0 Å². The van der Waals surface area contributed by atoms with Gasteiger partial charge in [-0.2, -0.15) is 13.2 Å². The number of benzene rings is 2. The zero-order valence-electron chi connectivity index (χ0n) is 12.2. The summed E-state index contributed by atoms with van der Waals surface area (Å²) in [6.07, 6.45) is -4.50. The van der Waals surface area contributed by atoms with Crippen molar-refractivity contribution in [3.05, 3.63) is 65.5 Å². The number of carbonyl (C=O) groups is 1. The quantitative estimate of drug-likeness (QED) is 0.631. The van der Waals surface area contributed by atoms with Crippen molar-refractivity contribution in [2.75, 3.05) is 11.9 Å². The molecule has 0 aliphatic rings. The van der Waals surface area contributed by atoms with Crippen molar-refractivity contribution in [2.24, 2.45) is 0 Å². The lowest BCUT2D eigenvalue weighted by molar-refractivity contribution is -0.137. The monoisotopic (exact) mass is 336 g/mol. The summed E-state index contributed by atoms with van der Waals surface area (Å²) in [6, 6.07) is 9.76. The van der Waals surface area contributed by atoms with E-state index in [0.717, 1.165) is 6.07 Å². The highest BCUT2D eigenvalue weighted by atomic mass is 19.4. The molecule has 0 saturated carbocycles. The molecule has 0 aromatic heterocycles. The average molecular weight is 336 g/mol. The molecule has 0 atom stereocenters. The van der Waals surface area contributed by atoms with E-state index < -0.39 is 23.6 Å². The topological polar surface area (TPSA) is 41.1 Å². The molecule has 7 heteroatoms. The van der Waals surface area contributed by atoms with Crippen LogP contribution in [0.3, 0.4) is 0 Å². The van der Waals surface area contributed by atoms with Gasteiger partial charge in [0.1, 0.15) is 5.82 Å². The van der Waals surface area contributed by atoms with Crippen LogP contribution in [0.2, 0.25) is 0 Å². The largest absolute Gasteiger partial charge is 0.417 e. The zero-order valence-corrected chi connectivity index (χ0v) is 12.2. The molecule has 2 aromatic carbocycles. The summed E-state index contributed by atoms with van der Waals surface area (Å²) in [6.45, 7) is -0.188. The summed E-state index contributed by atoms with van der Waals surface area (Å²) >= 11 is 0. The molecule has 0 unspecified atom stereocenters. The fraction of sp³-hybridized carbons (Fsp3) is 0.118. The van der Waals surface area contributed by atoms with Gasteiger partial charge in [0.25, 0.3) is 0 Å². The smallest absolute Gasteiger partial charge is 0.327 e. The van der Waals surface area contributed by atoms with Gasteiger partial charge in [-0.1, -0.05) is 36.1 Å². The summed E-state index contributed by atoms with van der Waals surface area (Å²) < 4.78 is 51.7. The lowest BCUT2D eigenvalue weighted by Gasteiger charge is -2.08. The van der Waals surface area contributed by atoms with E-state index in [2.05, 4.69) is 22.5 Å². The number of urea groups is 1. The summed E-state index contributed by atoms with van der Waals surface area (Å²) in [5.74, 6) is 4.19. The Labute approximate surface area is 135 Å². The molecule has 2 amide bonds. The zero-order chi connectivity index (χ0) is 17.6. The predicted octanol–water partition coefficient (Wildman–Crippen LogP) is 4.02. The Balaban J connectivity index is 1.95. The van der Waals surface area contributed by atoms with E-state index in [9.17, 15) is 22.4 Å². The van der Waals surface area contributed by atoms with Gasteiger partial charge in [0.2, 0.25) is 0 Å². The van der Waals surface area contributed by atoms with Crippen LogP contribution in [0.4, 0.5) is 28.0 Å². The van der Waals surface area contributed by atoms with Crippen LogP contribution in [-0.2, 0) is 6.18 Å². The molecule has 0 aliphatic carbocycles. The molecule has 2 aromatic rings. The highest BCUT2D eigenvalue weighted by molar-refractivity contribution is 5.89. The highest BCUT2D eigenvalue weighted by Crippen LogP contribution is 2.31. The second kappa shape index (κ2) is 7.51. The van der Waals surface area contributed by atoms with Crippen LogP contribution in [0, 0.1) is 17.7 Å². The van der Waals surface area contributed by atoms with Crippen LogP contribution >= 0.6 is 0 Å². The second-order valence-corrected chi connectivity index (χ2v) is 4.63. The maximum Gasteiger partial charge on any atom is 0.417 e. The third-order valence-corrected chi connectivity index (χ3v) is 2.91. The van der Waals surface area contributed by atoms with E-state index in [1.807, 2.05) is 0 Å². The number of halogens is 4. The van der Waals surface area contributed by atoms with E-state index in [4.69, 9.17) is 0 Å². The van der Waals surface area contributed by atoms with E-state index >= 15 is 0 Å². The minimum absolute atomic E-state index is 0.00891. The molecule has 0 saturated heterocycles. The van der Waals surface area contributed by atoms with Crippen LogP contribution in [0.5, 0.6) is 0 Å². The number of hydrogen-bond acceptors (Lipinski definition) is 1. The molecule has 124 valence electrons. The number of amides is 2. The highest BCUT2D eigenvalue weighted by Gasteiger charge is 2.32. The third-order valence-electron chi connectivity index (χ3n) is 2.91. The molecule has 0 radical (unpaired) electrons. The Morgan fingerprint density at radius 1 is 1.04 bits per heavy atom. The van der Waals surface area contributed by atoms with Crippen molar-refractivity contribution in [1.82, 2.24) is 5.32 Å². The van der Waals surface area contributed by atoms with Crippen LogP contribution in [0.1, 0.15) is 11.1 Å². The van der Waals surface area contributed by atoms with Gasteiger partial charge in [-0.3, -0.25) is 0 Å². The summed E-state index contributed by atoms with van der Waals surface area (Å²) in [4.78, 5) is 11.6. The van der Waals surface area contributed by atoms with E-state index in [1.165, 1.54) is 36.4 Å². The van der Waals surface area contributed by atoms with E-state index in [1.54, 1.807) is 6.07 Å². The molecule has 3 nitrogen and oxygen atoms in total. The van der Waals surface area contributed by atoms with Crippen molar-refractivity contribution >= 4 is 11.7 Å². The first-order valence-corrected chi connectivity index (χ1v) is 6.82. The van der Waals surface area contributed by atoms with Crippen LogP contribution in [-0.4, -0.2) is 12.6 Å². The Hall–Kier alpha value is -3.01. The fourth-order valence-corrected chi connectivity index (χ4v) is 1.83. The average Bonchev–Trinajstić information content (AvgIpc) is 2.53. The molecule has 0 bridgehead atoms. The van der Waals surface area contributed by atoms with Crippen molar-refractivity contribution in [3.63, 3.8) is 0 Å². The maximum absolute atomic E-state index is 13.3. The minimum atomic E-state index is -4.50. The first-order valence-electron chi connectivity index (χ1n) is 6.82. The molecular weight excluding hydrogens is 324 g/mol. The Kier molecular flexibility index (Phi) is 5.42. The number of carbonyl (C=O) groups excluding carboxylic acids is 1. The van der Waals surface area contributed by atoms with Gasteiger partial charge >= 0.3 is 12.2 Å². The van der Waals surface area contributed by atoms with Crippen LogP contribution in [0.25, 0.3) is 0 Å². The fourth-order valence-electron chi connectivity index (χ4n) is 1.83. The van der Waals surface area contributed by atoms with Gasteiger partial charge in [0, 0.05) is 5.56 Å². The Morgan fingerprint density at radius 3 is 2.42 bits per heavy atom. The molecule has 0 heterocycles. The molecule has 0 spiro atoms. The van der Waals surface area contributed by atoms with Gasteiger partial charge in [-0.25, -0.2) is 9.18 Å². The van der Waals surface area contributed by atoms with Crippen LogP contribution < -0.4 is 10.6 Å². The SMILES string of the molecule is O=C(NCC#Cc1ccccc1C(F)(F)F)Nc1ccccc1F.